The molecule has 0 atom stereocenters. The Morgan fingerprint density at radius 2 is 2.25 bits per heavy atom. The van der Waals surface area contributed by atoms with Crippen molar-refractivity contribution in [3.05, 3.63) is 18.1 Å². The number of unbranched alkanes of at least 4 members (excludes halogenated alkanes) is 1. The van der Waals surface area contributed by atoms with Gasteiger partial charge >= 0.3 is 0 Å². The van der Waals surface area contributed by atoms with Gasteiger partial charge in [-0.1, -0.05) is 13.3 Å². The predicted molar refractivity (Wildman–Crippen MR) is 63.7 cm³/mol. The van der Waals surface area contributed by atoms with E-state index in [0.29, 0.717) is 5.78 Å². The summed E-state index contributed by atoms with van der Waals surface area (Å²) in [5.74, 6) is 1.71. The van der Waals surface area contributed by atoms with Crippen LogP contribution >= 0.6 is 0 Å². The highest BCUT2D eigenvalue weighted by Gasteiger charge is 2.08. The van der Waals surface area contributed by atoms with Gasteiger partial charge in [0.05, 0.1) is 0 Å². The lowest BCUT2D eigenvalue weighted by Crippen LogP contribution is -2.21. The van der Waals surface area contributed by atoms with Crippen molar-refractivity contribution in [3.63, 3.8) is 0 Å². The Balaban J connectivity index is 2.38. The van der Waals surface area contributed by atoms with Crippen molar-refractivity contribution in [2.45, 2.75) is 26.7 Å². The molecule has 5 nitrogen and oxygen atoms in total. The van der Waals surface area contributed by atoms with Crippen LogP contribution in [0.4, 0.5) is 5.82 Å². The largest absolute Gasteiger partial charge is 0.359 e. The molecule has 0 aliphatic rings. The number of anilines is 1. The number of rotatable bonds is 4. The van der Waals surface area contributed by atoms with Gasteiger partial charge in [-0.2, -0.15) is 14.6 Å². The Hall–Kier alpha value is -1.65. The minimum Gasteiger partial charge on any atom is -0.359 e. The minimum absolute atomic E-state index is 0.665. The summed E-state index contributed by atoms with van der Waals surface area (Å²) < 4.78 is 1.78. The average Bonchev–Trinajstić information content (AvgIpc) is 2.72. The lowest BCUT2D eigenvalue weighted by molar-refractivity contribution is 0.743. The Morgan fingerprint density at radius 3 is 3.00 bits per heavy atom. The fourth-order valence-corrected chi connectivity index (χ4v) is 1.69. The molecule has 0 aromatic carbocycles. The number of fused-ring (bicyclic) bond motifs is 1. The second-order valence-corrected chi connectivity index (χ2v) is 4.00. The van der Waals surface area contributed by atoms with Crippen LogP contribution in [0.2, 0.25) is 0 Å². The van der Waals surface area contributed by atoms with E-state index in [1.807, 2.05) is 13.0 Å². The van der Waals surface area contributed by atoms with Crippen LogP contribution in [0.15, 0.2) is 12.4 Å². The van der Waals surface area contributed by atoms with E-state index in [1.54, 1.807) is 10.8 Å². The van der Waals surface area contributed by atoms with E-state index in [1.165, 1.54) is 12.8 Å². The Bertz CT molecular complexity index is 476. The van der Waals surface area contributed by atoms with Crippen molar-refractivity contribution in [2.24, 2.45) is 0 Å². The van der Waals surface area contributed by atoms with Crippen LogP contribution in [0, 0.1) is 6.92 Å². The number of hydrogen-bond donors (Lipinski definition) is 0. The molecule has 0 saturated heterocycles. The van der Waals surface area contributed by atoms with E-state index in [0.717, 1.165) is 18.1 Å². The maximum Gasteiger partial charge on any atom is 0.254 e. The first-order valence-corrected chi connectivity index (χ1v) is 5.61. The third-order valence-corrected chi connectivity index (χ3v) is 2.60. The monoisotopic (exact) mass is 219 g/mol. The maximum atomic E-state index is 4.32. The van der Waals surface area contributed by atoms with Gasteiger partial charge in [0, 0.05) is 25.4 Å². The summed E-state index contributed by atoms with van der Waals surface area (Å²) in [6.45, 7) is 5.19. The molecule has 86 valence electrons. The van der Waals surface area contributed by atoms with Crippen LogP contribution in [0.3, 0.4) is 0 Å². The highest BCUT2D eigenvalue weighted by molar-refractivity contribution is 5.46. The number of hydrogen-bond acceptors (Lipinski definition) is 4. The van der Waals surface area contributed by atoms with Gasteiger partial charge in [-0.3, -0.25) is 0 Å². The summed E-state index contributed by atoms with van der Waals surface area (Å²) in [6, 6.07) is 2.04. The van der Waals surface area contributed by atoms with Crippen LogP contribution < -0.4 is 4.90 Å². The first-order valence-electron chi connectivity index (χ1n) is 5.61. The van der Waals surface area contributed by atoms with Gasteiger partial charge in [0.25, 0.3) is 5.78 Å². The van der Waals surface area contributed by atoms with Crippen molar-refractivity contribution >= 4 is 11.6 Å². The van der Waals surface area contributed by atoms with Crippen LogP contribution in [0.25, 0.3) is 5.78 Å². The second kappa shape index (κ2) is 4.47. The normalized spacial score (nSPS) is 10.9. The summed E-state index contributed by atoms with van der Waals surface area (Å²) in [5, 5.41) is 4.19. The second-order valence-electron chi connectivity index (χ2n) is 4.00. The molecule has 2 aromatic heterocycles. The Labute approximate surface area is 95.1 Å². The van der Waals surface area contributed by atoms with E-state index < -0.39 is 0 Å². The highest BCUT2D eigenvalue weighted by Crippen LogP contribution is 2.14. The molecule has 2 rings (SSSR count). The van der Waals surface area contributed by atoms with Crippen LogP contribution in [0.1, 0.15) is 25.5 Å². The zero-order chi connectivity index (χ0) is 11.5. The molecule has 0 radical (unpaired) electrons. The number of aryl methyl sites for hydroxylation is 1. The standard InChI is InChI=1S/C11H17N5/c1-4-5-6-15(3)10-7-9(2)14-11-12-8-13-16(10)11/h7-8H,4-6H2,1-3H3. The minimum atomic E-state index is 0.665. The molecular formula is C11H17N5. The van der Waals surface area contributed by atoms with Crippen molar-refractivity contribution in [1.82, 2.24) is 19.6 Å². The summed E-state index contributed by atoms with van der Waals surface area (Å²) >= 11 is 0. The summed E-state index contributed by atoms with van der Waals surface area (Å²) in [6.07, 6.45) is 3.90. The summed E-state index contributed by atoms with van der Waals surface area (Å²) in [4.78, 5) is 10.6. The van der Waals surface area contributed by atoms with E-state index in [4.69, 9.17) is 0 Å². The molecule has 0 unspecified atom stereocenters. The molecule has 0 aliphatic carbocycles. The number of nitrogens with zero attached hydrogens (tertiary/aromatic N) is 5. The fraction of sp³-hybridized carbons (Fsp3) is 0.545. The molecule has 5 heteroatoms. The smallest absolute Gasteiger partial charge is 0.254 e. The molecule has 0 aliphatic heterocycles. The summed E-state index contributed by atoms with van der Waals surface area (Å²) in [5.41, 5.74) is 0.971. The molecular weight excluding hydrogens is 202 g/mol. The van der Waals surface area contributed by atoms with Gasteiger partial charge in [-0.15, -0.1) is 0 Å². The fourth-order valence-electron chi connectivity index (χ4n) is 1.69. The van der Waals surface area contributed by atoms with Crippen molar-refractivity contribution < 1.29 is 0 Å². The third kappa shape index (κ3) is 1.98. The van der Waals surface area contributed by atoms with Gasteiger partial charge in [0.1, 0.15) is 12.1 Å². The first kappa shape index (κ1) is 10.9. The Morgan fingerprint density at radius 1 is 1.44 bits per heavy atom. The zero-order valence-corrected chi connectivity index (χ0v) is 10.0. The van der Waals surface area contributed by atoms with Crippen molar-refractivity contribution in [1.29, 1.82) is 0 Å². The lowest BCUT2D eigenvalue weighted by Gasteiger charge is -2.19. The number of aromatic nitrogens is 4. The quantitative estimate of drug-likeness (QED) is 0.784. The topological polar surface area (TPSA) is 46.3 Å². The molecule has 0 fully saturated rings. The first-order chi connectivity index (χ1) is 7.72. The van der Waals surface area contributed by atoms with Gasteiger partial charge in [0.15, 0.2) is 0 Å². The highest BCUT2D eigenvalue weighted by atomic mass is 15.4. The van der Waals surface area contributed by atoms with E-state index in [-0.39, 0.29) is 0 Å². The van der Waals surface area contributed by atoms with Crippen LogP contribution in [0.5, 0.6) is 0 Å². The van der Waals surface area contributed by atoms with E-state index >= 15 is 0 Å². The van der Waals surface area contributed by atoms with Crippen LogP contribution in [-0.2, 0) is 0 Å². The molecule has 0 N–H and O–H groups in total. The molecule has 2 heterocycles. The average molecular weight is 219 g/mol. The third-order valence-electron chi connectivity index (χ3n) is 2.60. The van der Waals surface area contributed by atoms with Gasteiger partial charge < -0.3 is 4.90 Å². The molecule has 0 spiro atoms. The SMILES string of the molecule is CCCCN(C)c1cc(C)nc2ncnn12. The van der Waals surface area contributed by atoms with Crippen LogP contribution in [-0.4, -0.2) is 33.2 Å². The van der Waals surface area contributed by atoms with E-state index in [2.05, 4.69) is 33.9 Å². The van der Waals surface area contributed by atoms with Crippen molar-refractivity contribution in [3.8, 4) is 0 Å². The predicted octanol–water partition coefficient (Wildman–Crippen LogP) is 1.67. The van der Waals surface area contributed by atoms with Gasteiger partial charge in [-0.25, -0.2) is 4.98 Å². The van der Waals surface area contributed by atoms with Gasteiger partial charge in [0.2, 0.25) is 0 Å². The zero-order valence-electron chi connectivity index (χ0n) is 10.0. The van der Waals surface area contributed by atoms with Gasteiger partial charge in [-0.05, 0) is 13.3 Å². The molecule has 0 saturated carbocycles. The Kier molecular flexibility index (Phi) is 3.03. The molecule has 0 amide bonds. The molecule has 2 aromatic rings. The lowest BCUT2D eigenvalue weighted by atomic mass is 10.3. The summed E-state index contributed by atoms with van der Waals surface area (Å²) in [7, 11) is 2.07. The molecule has 16 heavy (non-hydrogen) atoms. The van der Waals surface area contributed by atoms with Crippen molar-refractivity contribution in [2.75, 3.05) is 18.5 Å². The van der Waals surface area contributed by atoms with E-state index in [9.17, 15) is 0 Å². The molecule has 0 bridgehead atoms. The maximum absolute atomic E-state index is 4.32.